The van der Waals surface area contributed by atoms with Crippen molar-refractivity contribution in [1.82, 2.24) is 4.90 Å². The van der Waals surface area contributed by atoms with Gasteiger partial charge in [0.1, 0.15) is 5.75 Å². The standard InChI is InChI=1S/C19H18ClF3N2O5S/c1-29-17-5-3-13(11-14(17)18(26)25-6-8-30-9-7-25)31(27,28)24-16-4-2-12(20)10-15(16)19(21,22)23/h2-5,10-11,24H,6-9H2,1H3. The Morgan fingerprint density at radius 2 is 1.84 bits per heavy atom. The Hall–Kier alpha value is -2.50. The van der Waals surface area contributed by atoms with E-state index >= 15 is 0 Å². The SMILES string of the molecule is COc1ccc(S(=O)(=O)Nc2ccc(Cl)cc2C(F)(F)F)cc1C(=O)N1CCOCC1. The number of sulfonamides is 1. The van der Waals surface area contributed by atoms with Crippen LogP contribution in [0.2, 0.25) is 5.02 Å². The predicted octanol–water partition coefficient (Wildman–Crippen LogP) is 3.64. The van der Waals surface area contributed by atoms with E-state index in [0.29, 0.717) is 32.4 Å². The molecule has 3 rings (SSSR count). The highest BCUT2D eigenvalue weighted by atomic mass is 35.5. The van der Waals surface area contributed by atoms with Crippen LogP contribution in [0.4, 0.5) is 18.9 Å². The smallest absolute Gasteiger partial charge is 0.418 e. The molecule has 0 bridgehead atoms. The first kappa shape index (κ1) is 23.2. The minimum absolute atomic E-state index is 0.0283. The average molecular weight is 479 g/mol. The molecule has 1 N–H and O–H groups in total. The molecular weight excluding hydrogens is 461 g/mol. The first-order valence-electron chi connectivity index (χ1n) is 8.97. The van der Waals surface area contributed by atoms with Gasteiger partial charge < -0.3 is 14.4 Å². The lowest BCUT2D eigenvalue weighted by Crippen LogP contribution is -2.40. The molecular formula is C19H18ClF3N2O5S. The largest absolute Gasteiger partial charge is 0.496 e. The summed E-state index contributed by atoms with van der Waals surface area (Å²) >= 11 is 5.63. The molecule has 1 amide bonds. The molecule has 12 heteroatoms. The lowest BCUT2D eigenvalue weighted by molar-refractivity contribution is -0.136. The molecule has 0 atom stereocenters. The second-order valence-corrected chi connectivity index (χ2v) is 8.68. The van der Waals surface area contributed by atoms with Crippen LogP contribution in [0.3, 0.4) is 0 Å². The topological polar surface area (TPSA) is 84.9 Å². The fourth-order valence-corrected chi connectivity index (χ4v) is 4.28. The molecule has 1 heterocycles. The van der Waals surface area contributed by atoms with Crippen molar-refractivity contribution in [3.8, 4) is 5.75 Å². The Labute approximate surface area is 181 Å². The summed E-state index contributed by atoms with van der Waals surface area (Å²) in [6, 6.07) is 6.17. The minimum atomic E-state index is -4.83. The zero-order valence-corrected chi connectivity index (χ0v) is 17.8. The Kier molecular flexibility index (Phi) is 6.68. The van der Waals surface area contributed by atoms with Gasteiger partial charge in [-0.05, 0) is 36.4 Å². The molecule has 1 aliphatic heterocycles. The summed E-state index contributed by atoms with van der Waals surface area (Å²) in [4.78, 5) is 13.9. The van der Waals surface area contributed by atoms with Gasteiger partial charge >= 0.3 is 6.18 Å². The quantitative estimate of drug-likeness (QED) is 0.709. The third kappa shape index (κ3) is 5.23. The number of carbonyl (C=O) groups excluding carboxylic acids is 1. The maximum Gasteiger partial charge on any atom is 0.418 e. The van der Waals surface area contributed by atoms with E-state index in [0.717, 1.165) is 24.3 Å². The molecule has 2 aromatic rings. The molecule has 0 radical (unpaired) electrons. The normalized spacial score (nSPS) is 14.9. The number of morpholine rings is 1. The summed E-state index contributed by atoms with van der Waals surface area (Å²) in [5.41, 5.74) is -1.95. The molecule has 0 aromatic heterocycles. The zero-order chi connectivity index (χ0) is 22.8. The summed E-state index contributed by atoms with van der Waals surface area (Å²) in [7, 11) is -3.14. The summed E-state index contributed by atoms with van der Waals surface area (Å²) in [5, 5.41) is -0.196. The maximum absolute atomic E-state index is 13.3. The fraction of sp³-hybridized carbons (Fsp3) is 0.316. The van der Waals surface area contributed by atoms with Crippen molar-refractivity contribution in [2.45, 2.75) is 11.1 Å². The number of rotatable bonds is 5. The minimum Gasteiger partial charge on any atom is -0.496 e. The van der Waals surface area contributed by atoms with Crippen molar-refractivity contribution in [2.24, 2.45) is 0 Å². The number of anilines is 1. The molecule has 0 unspecified atom stereocenters. The molecule has 7 nitrogen and oxygen atoms in total. The van der Waals surface area contributed by atoms with Gasteiger partial charge in [0.15, 0.2) is 0 Å². The summed E-state index contributed by atoms with van der Waals surface area (Å²) in [6.45, 7) is 1.31. The number of benzene rings is 2. The van der Waals surface area contributed by atoms with Gasteiger partial charge in [-0.3, -0.25) is 9.52 Å². The summed E-state index contributed by atoms with van der Waals surface area (Å²) < 4.78 is 77.9. The zero-order valence-electron chi connectivity index (χ0n) is 16.2. The van der Waals surface area contributed by atoms with Crippen LogP contribution in [-0.4, -0.2) is 52.6 Å². The Morgan fingerprint density at radius 3 is 2.45 bits per heavy atom. The second kappa shape index (κ2) is 8.93. The second-order valence-electron chi connectivity index (χ2n) is 6.56. The van der Waals surface area contributed by atoms with Gasteiger partial charge in [-0.25, -0.2) is 8.42 Å². The Morgan fingerprint density at radius 1 is 1.16 bits per heavy atom. The van der Waals surface area contributed by atoms with Gasteiger partial charge in [0.25, 0.3) is 15.9 Å². The molecule has 1 aliphatic rings. The van der Waals surface area contributed by atoms with Crippen molar-refractivity contribution < 1.29 is 35.9 Å². The highest BCUT2D eigenvalue weighted by Crippen LogP contribution is 2.37. The van der Waals surface area contributed by atoms with E-state index in [2.05, 4.69) is 0 Å². The molecule has 0 aliphatic carbocycles. The first-order valence-corrected chi connectivity index (χ1v) is 10.8. The van der Waals surface area contributed by atoms with Crippen LogP contribution >= 0.6 is 11.6 Å². The monoisotopic (exact) mass is 478 g/mol. The number of hydrogen-bond acceptors (Lipinski definition) is 5. The molecule has 2 aromatic carbocycles. The summed E-state index contributed by atoms with van der Waals surface area (Å²) in [5.74, 6) is -0.336. The van der Waals surface area contributed by atoms with Crippen molar-refractivity contribution >= 4 is 33.2 Å². The molecule has 1 fully saturated rings. The van der Waals surface area contributed by atoms with E-state index in [4.69, 9.17) is 21.1 Å². The van der Waals surface area contributed by atoms with E-state index in [-0.39, 0.29) is 16.3 Å². The molecule has 0 saturated carbocycles. The number of hydrogen-bond donors (Lipinski definition) is 1. The number of ether oxygens (including phenoxy) is 2. The molecule has 168 valence electrons. The van der Waals surface area contributed by atoms with Crippen LogP contribution in [0.15, 0.2) is 41.3 Å². The lowest BCUT2D eigenvalue weighted by atomic mass is 10.1. The molecule has 1 saturated heterocycles. The van der Waals surface area contributed by atoms with Crippen molar-refractivity contribution in [3.05, 3.63) is 52.5 Å². The highest BCUT2D eigenvalue weighted by Gasteiger charge is 2.35. The van der Waals surface area contributed by atoms with Gasteiger partial charge in [0.2, 0.25) is 0 Å². The van der Waals surface area contributed by atoms with Gasteiger partial charge in [-0.15, -0.1) is 0 Å². The van der Waals surface area contributed by atoms with E-state index in [9.17, 15) is 26.4 Å². The van der Waals surface area contributed by atoms with Crippen molar-refractivity contribution in [2.75, 3.05) is 38.1 Å². The lowest BCUT2D eigenvalue weighted by Gasteiger charge is -2.27. The van der Waals surface area contributed by atoms with Gasteiger partial charge in [0.05, 0.1) is 42.0 Å². The van der Waals surface area contributed by atoms with Crippen LogP contribution in [0.25, 0.3) is 0 Å². The maximum atomic E-state index is 13.3. The number of amides is 1. The van der Waals surface area contributed by atoms with Crippen LogP contribution in [0.1, 0.15) is 15.9 Å². The van der Waals surface area contributed by atoms with Gasteiger partial charge in [0, 0.05) is 18.1 Å². The van der Waals surface area contributed by atoms with Crippen molar-refractivity contribution in [3.63, 3.8) is 0 Å². The summed E-state index contributed by atoms with van der Waals surface area (Å²) in [6.07, 6.45) is -4.83. The average Bonchev–Trinajstić information content (AvgIpc) is 2.73. The number of nitrogens with zero attached hydrogens (tertiary/aromatic N) is 1. The van der Waals surface area contributed by atoms with Crippen LogP contribution in [-0.2, 0) is 20.9 Å². The highest BCUT2D eigenvalue weighted by molar-refractivity contribution is 7.92. The fourth-order valence-electron chi connectivity index (χ4n) is 3.00. The van der Waals surface area contributed by atoms with Crippen LogP contribution in [0, 0.1) is 0 Å². The third-order valence-corrected chi connectivity index (χ3v) is 6.14. The van der Waals surface area contributed by atoms with Gasteiger partial charge in [-0.2, -0.15) is 13.2 Å². The third-order valence-electron chi connectivity index (χ3n) is 4.54. The predicted molar refractivity (Wildman–Crippen MR) is 107 cm³/mol. The van der Waals surface area contributed by atoms with Gasteiger partial charge in [-0.1, -0.05) is 11.6 Å². The van der Waals surface area contributed by atoms with E-state index in [1.54, 1.807) is 0 Å². The molecule has 31 heavy (non-hydrogen) atoms. The first-order chi connectivity index (χ1) is 14.5. The number of methoxy groups -OCH3 is 1. The number of nitrogens with one attached hydrogen (secondary N) is 1. The number of carbonyl (C=O) groups is 1. The number of halogens is 4. The Balaban J connectivity index is 1.98. The van der Waals surface area contributed by atoms with Crippen LogP contribution in [0.5, 0.6) is 5.75 Å². The van der Waals surface area contributed by atoms with E-state index < -0.39 is 38.3 Å². The van der Waals surface area contributed by atoms with E-state index in [1.807, 2.05) is 4.72 Å². The molecule has 0 spiro atoms. The van der Waals surface area contributed by atoms with Crippen molar-refractivity contribution in [1.29, 1.82) is 0 Å². The van der Waals surface area contributed by atoms with Crippen LogP contribution < -0.4 is 9.46 Å². The van der Waals surface area contributed by atoms with E-state index in [1.165, 1.54) is 18.1 Å². The Bertz CT molecular complexity index is 1090. The number of alkyl halides is 3.